The zero-order valence-electron chi connectivity index (χ0n) is 12.6. The minimum absolute atomic E-state index is 0.00122. The van der Waals surface area contributed by atoms with Gasteiger partial charge in [0, 0.05) is 20.5 Å². The number of likely N-dealkylation sites (N-methyl/N-ethyl adjacent to an activating group) is 1. The number of carbonyl (C=O) groups is 2. The summed E-state index contributed by atoms with van der Waals surface area (Å²) in [6.07, 6.45) is 0. The zero-order valence-corrected chi connectivity index (χ0v) is 14.1. The molecule has 0 aliphatic carbocycles. The molecule has 1 aromatic carbocycles. The van der Waals surface area contributed by atoms with Crippen molar-refractivity contribution in [1.29, 1.82) is 0 Å². The second-order valence-electron chi connectivity index (χ2n) is 5.33. The van der Waals surface area contributed by atoms with Crippen molar-refractivity contribution in [1.82, 2.24) is 10.2 Å². The number of hydrogen-bond acceptors (Lipinski definition) is 2. The smallest absolute Gasteiger partial charge is 0.245 e. The molecule has 0 aromatic heterocycles. The molecule has 0 saturated carbocycles. The molecule has 4 nitrogen and oxygen atoms in total. The summed E-state index contributed by atoms with van der Waals surface area (Å²) in [5, 5.41) is 3.58. The fourth-order valence-electron chi connectivity index (χ4n) is 1.97. The maximum atomic E-state index is 12.5. The van der Waals surface area contributed by atoms with Gasteiger partial charge in [0.05, 0.1) is 10.0 Å². The Morgan fingerprint density at radius 3 is 2.43 bits per heavy atom. The molecule has 1 atom stereocenters. The number of nitrogens with zero attached hydrogens (tertiary/aromatic N) is 1. The normalized spacial score (nSPS) is 12.1. The molecule has 6 heteroatoms. The van der Waals surface area contributed by atoms with Crippen molar-refractivity contribution in [3.05, 3.63) is 33.8 Å². The highest BCUT2D eigenvalue weighted by molar-refractivity contribution is 6.42. The molecule has 2 amide bonds. The van der Waals surface area contributed by atoms with E-state index in [-0.39, 0.29) is 17.7 Å². The van der Waals surface area contributed by atoms with Crippen molar-refractivity contribution in [2.75, 3.05) is 7.05 Å². The van der Waals surface area contributed by atoms with E-state index in [0.717, 1.165) is 5.56 Å². The van der Waals surface area contributed by atoms with Crippen LogP contribution >= 0.6 is 23.2 Å². The van der Waals surface area contributed by atoms with Crippen molar-refractivity contribution in [2.45, 2.75) is 33.4 Å². The van der Waals surface area contributed by atoms with Crippen LogP contribution in [-0.2, 0) is 16.1 Å². The van der Waals surface area contributed by atoms with Gasteiger partial charge in [0.1, 0.15) is 6.04 Å². The number of halogens is 2. The van der Waals surface area contributed by atoms with E-state index in [0.29, 0.717) is 16.6 Å². The molecule has 0 saturated heterocycles. The molecule has 0 bridgehead atoms. The molecule has 0 radical (unpaired) electrons. The fraction of sp³-hybridized carbons (Fsp3) is 0.467. The number of rotatable bonds is 5. The van der Waals surface area contributed by atoms with E-state index in [2.05, 4.69) is 5.32 Å². The fourth-order valence-corrected chi connectivity index (χ4v) is 2.35. The largest absolute Gasteiger partial charge is 0.344 e. The van der Waals surface area contributed by atoms with Crippen LogP contribution in [0.1, 0.15) is 26.3 Å². The van der Waals surface area contributed by atoms with E-state index in [1.165, 1.54) is 11.8 Å². The number of amides is 2. The van der Waals surface area contributed by atoms with Crippen LogP contribution in [0.3, 0.4) is 0 Å². The highest BCUT2D eigenvalue weighted by atomic mass is 35.5. The van der Waals surface area contributed by atoms with Crippen molar-refractivity contribution < 1.29 is 9.59 Å². The summed E-state index contributed by atoms with van der Waals surface area (Å²) in [7, 11) is 1.68. The van der Waals surface area contributed by atoms with E-state index in [4.69, 9.17) is 23.2 Å². The lowest BCUT2D eigenvalue weighted by molar-refractivity contribution is -0.136. The van der Waals surface area contributed by atoms with Gasteiger partial charge in [-0.1, -0.05) is 49.2 Å². The molecule has 0 unspecified atom stereocenters. The van der Waals surface area contributed by atoms with Gasteiger partial charge < -0.3 is 10.2 Å². The van der Waals surface area contributed by atoms with Crippen LogP contribution < -0.4 is 5.32 Å². The average molecular weight is 331 g/mol. The second-order valence-corrected chi connectivity index (χ2v) is 6.11. The zero-order chi connectivity index (χ0) is 16.2. The third kappa shape index (κ3) is 4.90. The molecule has 0 aliphatic heterocycles. The molecule has 0 spiro atoms. The summed E-state index contributed by atoms with van der Waals surface area (Å²) < 4.78 is 0. The monoisotopic (exact) mass is 330 g/mol. The van der Waals surface area contributed by atoms with Gasteiger partial charge in [0.15, 0.2) is 0 Å². The summed E-state index contributed by atoms with van der Waals surface area (Å²) in [6, 6.07) is 4.75. The van der Waals surface area contributed by atoms with E-state index in [9.17, 15) is 9.59 Å². The topological polar surface area (TPSA) is 49.4 Å². The van der Waals surface area contributed by atoms with Crippen LogP contribution in [-0.4, -0.2) is 29.8 Å². The van der Waals surface area contributed by atoms with E-state index in [1.807, 2.05) is 19.9 Å². The minimum atomic E-state index is -0.551. The van der Waals surface area contributed by atoms with Gasteiger partial charge in [-0.15, -0.1) is 0 Å². The predicted octanol–water partition coefficient (Wildman–Crippen LogP) is 3.11. The molecular formula is C15H20Cl2N2O2. The number of carbonyl (C=O) groups excluding carboxylic acids is 2. The van der Waals surface area contributed by atoms with Gasteiger partial charge >= 0.3 is 0 Å². The van der Waals surface area contributed by atoms with E-state index in [1.54, 1.807) is 19.2 Å². The second kappa shape index (κ2) is 7.66. The third-order valence-corrected chi connectivity index (χ3v) is 3.96. The van der Waals surface area contributed by atoms with Crippen LogP contribution in [0.15, 0.2) is 18.2 Å². The first-order valence-corrected chi connectivity index (χ1v) is 7.44. The Kier molecular flexibility index (Phi) is 6.49. The minimum Gasteiger partial charge on any atom is -0.344 e. The van der Waals surface area contributed by atoms with Crippen LogP contribution in [0.2, 0.25) is 10.0 Å². The Bertz CT molecular complexity index is 532. The Labute approximate surface area is 135 Å². The first-order valence-electron chi connectivity index (χ1n) is 6.69. The quantitative estimate of drug-likeness (QED) is 0.901. The summed E-state index contributed by atoms with van der Waals surface area (Å²) in [4.78, 5) is 25.2. The molecule has 0 heterocycles. The van der Waals surface area contributed by atoms with Crippen LogP contribution in [0.5, 0.6) is 0 Å². The van der Waals surface area contributed by atoms with Gasteiger partial charge in [-0.3, -0.25) is 9.59 Å². The Morgan fingerprint density at radius 2 is 1.90 bits per heavy atom. The molecular weight excluding hydrogens is 311 g/mol. The Balaban J connectivity index is 2.86. The summed E-state index contributed by atoms with van der Waals surface area (Å²) in [6.45, 7) is 5.51. The van der Waals surface area contributed by atoms with Gasteiger partial charge in [0.2, 0.25) is 11.8 Å². The predicted molar refractivity (Wildman–Crippen MR) is 85.4 cm³/mol. The standard InChI is InChI=1S/C15H20Cl2N2O2/c1-9(2)14(18-10(3)20)15(21)19(4)8-11-6-5-7-12(16)13(11)17/h5-7,9,14H,8H2,1-4H3,(H,18,20)/t14-/m0/s1. The van der Waals surface area contributed by atoms with E-state index < -0.39 is 6.04 Å². The third-order valence-electron chi connectivity index (χ3n) is 3.11. The van der Waals surface area contributed by atoms with E-state index >= 15 is 0 Å². The molecule has 1 aromatic rings. The number of nitrogens with one attached hydrogen (secondary N) is 1. The van der Waals surface area contributed by atoms with Crippen LogP contribution in [0.25, 0.3) is 0 Å². The molecule has 1 rings (SSSR count). The van der Waals surface area contributed by atoms with Crippen molar-refractivity contribution in [3.63, 3.8) is 0 Å². The number of benzene rings is 1. The van der Waals surface area contributed by atoms with Gasteiger partial charge in [-0.25, -0.2) is 0 Å². The maximum absolute atomic E-state index is 12.5. The lowest BCUT2D eigenvalue weighted by Crippen LogP contribution is -2.49. The molecule has 0 fully saturated rings. The SMILES string of the molecule is CC(=O)N[C@H](C(=O)N(C)Cc1cccc(Cl)c1Cl)C(C)C. The Morgan fingerprint density at radius 1 is 1.29 bits per heavy atom. The molecule has 21 heavy (non-hydrogen) atoms. The average Bonchev–Trinajstić information content (AvgIpc) is 2.40. The van der Waals surface area contributed by atoms with Crippen LogP contribution in [0, 0.1) is 5.92 Å². The Hall–Kier alpha value is -1.26. The highest BCUT2D eigenvalue weighted by Gasteiger charge is 2.26. The first-order chi connectivity index (χ1) is 9.73. The van der Waals surface area contributed by atoms with Gasteiger partial charge in [-0.2, -0.15) is 0 Å². The van der Waals surface area contributed by atoms with Gasteiger partial charge in [-0.05, 0) is 17.5 Å². The number of hydrogen-bond donors (Lipinski definition) is 1. The molecule has 1 N–H and O–H groups in total. The first kappa shape index (κ1) is 17.8. The van der Waals surface area contributed by atoms with Gasteiger partial charge in [0.25, 0.3) is 0 Å². The molecule has 116 valence electrons. The lowest BCUT2D eigenvalue weighted by Gasteiger charge is -2.27. The van der Waals surface area contributed by atoms with Crippen molar-refractivity contribution in [3.8, 4) is 0 Å². The van der Waals surface area contributed by atoms with Crippen molar-refractivity contribution in [2.24, 2.45) is 5.92 Å². The highest BCUT2D eigenvalue weighted by Crippen LogP contribution is 2.26. The summed E-state index contributed by atoms with van der Waals surface area (Å²) in [5.74, 6) is -0.383. The van der Waals surface area contributed by atoms with Crippen LogP contribution in [0.4, 0.5) is 0 Å². The summed E-state index contributed by atoms with van der Waals surface area (Å²) in [5.41, 5.74) is 0.769. The lowest BCUT2D eigenvalue weighted by atomic mass is 10.0. The van der Waals surface area contributed by atoms with Crippen molar-refractivity contribution >= 4 is 35.0 Å². The maximum Gasteiger partial charge on any atom is 0.245 e. The summed E-state index contributed by atoms with van der Waals surface area (Å²) >= 11 is 12.1. The molecule has 0 aliphatic rings.